The summed E-state index contributed by atoms with van der Waals surface area (Å²) in [6, 6.07) is 0. The van der Waals surface area contributed by atoms with E-state index in [2.05, 4.69) is 32.1 Å². The molecular formula is C9H14Er. The number of allylic oxidation sites excluding steroid dienone is 4. The van der Waals surface area contributed by atoms with Crippen LogP contribution in [0.5, 0.6) is 0 Å². The molecular weight excluding hydrogens is 275 g/mol. The first kappa shape index (κ1) is 10.7. The first-order valence-electron chi connectivity index (χ1n) is 3.70. The predicted molar refractivity (Wildman–Crippen MR) is 41.3 cm³/mol. The Hall–Kier alpha value is 0.727. The molecule has 0 aromatic heterocycles. The Morgan fingerprint density at radius 2 is 2.30 bits per heavy atom. The van der Waals surface area contributed by atoms with Crippen molar-refractivity contribution in [2.75, 3.05) is 0 Å². The van der Waals surface area contributed by atoms with Gasteiger partial charge >= 0.3 is 0 Å². The quantitative estimate of drug-likeness (QED) is 0.733. The topological polar surface area (TPSA) is 0 Å². The van der Waals surface area contributed by atoms with Crippen molar-refractivity contribution in [1.82, 2.24) is 0 Å². The molecule has 1 aliphatic rings. The Bertz CT molecular complexity index is 145. The van der Waals surface area contributed by atoms with Crippen LogP contribution in [0.1, 0.15) is 26.7 Å². The Morgan fingerprint density at radius 3 is 2.70 bits per heavy atom. The second-order valence-electron chi connectivity index (χ2n) is 2.68. The predicted octanol–water partition coefficient (Wildman–Crippen LogP) is 2.92. The molecule has 1 unspecified atom stereocenters. The van der Waals surface area contributed by atoms with Crippen LogP contribution in [0.2, 0.25) is 0 Å². The van der Waals surface area contributed by atoms with Gasteiger partial charge in [0.1, 0.15) is 0 Å². The average Bonchev–Trinajstić information content (AvgIpc) is 2.37. The molecule has 1 heteroatoms. The van der Waals surface area contributed by atoms with E-state index in [0.717, 1.165) is 5.92 Å². The van der Waals surface area contributed by atoms with Crippen LogP contribution in [0.3, 0.4) is 0 Å². The fourth-order valence-electron chi connectivity index (χ4n) is 1.09. The van der Waals surface area contributed by atoms with Crippen molar-refractivity contribution in [2.45, 2.75) is 26.7 Å². The minimum absolute atomic E-state index is 0. The summed E-state index contributed by atoms with van der Waals surface area (Å²) >= 11 is 0. The van der Waals surface area contributed by atoms with E-state index in [1.165, 1.54) is 12.8 Å². The number of hydrogen-bond donors (Lipinski definition) is 0. The second kappa shape index (κ2) is 5.39. The fourth-order valence-corrected chi connectivity index (χ4v) is 1.09. The van der Waals surface area contributed by atoms with Gasteiger partial charge in [0.15, 0.2) is 0 Å². The van der Waals surface area contributed by atoms with Crippen molar-refractivity contribution in [3.8, 4) is 0 Å². The van der Waals surface area contributed by atoms with E-state index in [-0.39, 0.29) is 37.3 Å². The summed E-state index contributed by atoms with van der Waals surface area (Å²) in [5.74, 6) is 0.792. The number of rotatable bonds is 2. The van der Waals surface area contributed by atoms with Gasteiger partial charge in [-0.1, -0.05) is 37.6 Å². The normalized spacial score (nSPS) is 18.0. The zero-order valence-electron chi connectivity index (χ0n) is 6.51. The van der Waals surface area contributed by atoms with Gasteiger partial charge in [0.2, 0.25) is 0 Å². The third-order valence-electron chi connectivity index (χ3n) is 2.05. The van der Waals surface area contributed by atoms with Crippen LogP contribution in [0.25, 0.3) is 0 Å². The van der Waals surface area contributed by atoms with Crippen molar-refractivity contribution in [2.24, 2.45) is 5.92 Å². The summed E-state index contributed by atoms with van der Waals surface area (Å²) in [6.45, 7) is 4.53. The van der Waals surface area contributed by atoms with Crippen LogP contribution in [-0.4, -0.2) is 0 Å². The molecule has 1 aliphatic carbocycles. The van der Waals surface area contributed by atoms with Crippen molar-refractivity contribution < 1.29 is 37.3 Å². The van der Waals surface area contributed by atoms with E-state index in [9.17, 15) is 0 Å². The van der Waals surface area contributed by atoms with Crippen molar-refractivity contribution in [3.05, 3.63) is 23.8 Å². The van der Waals surface area contributed by atoms with Gasteiger partial charge in [-0.25, -0.2) is 0 Å². The van der Waals surface area contributed by atoms with E-state index in [1.54, 1.807) is 5.57 Å². The maximum absolute atomic E-state index is 2.29. The van der Waals surface area contributed by atoms with Crippen LogP contribution < -0.4 is 0 Å². The summed E-state index contributed by atoms with van der Waals surface area (Å²) in [5.41, 5.74) is 1.59. The first-order valence-corrected chi connectivity index (χ1v) is 3.70. The van der Waals surface area contributed by atoms with E-state index in [4.69, 9.17) is 0 Å². The molecule has 10 heavy (non-hydrogen) atoms. The van der Waals surface area contributed by atoms with Crippen molar-refractivity contribution in [3.63, 3.8) is 0 Å². The van der Waals surface area contributed by atoms with Gasteiger partial charge in [-0.15, -0.1) is 0 Å². The third-order valence-corrected chi connectivity index (χ3v) is 2.05. The average molecular weight is 289 g/mol. The van der Waals surface area contributed by atoms with Gasteiger partial charge in [0, 0.05) is 37.3 Å². The molecule has 0 aromatic carbocycles. The SMILES string of the molecule is CCC(C)C1=CC=CC1.[Er]. The fraction of sp³-hybridized carbons (Fsp3) is 0.556. The third kappa shape index (κ3) is 2.77. The van der Waals surface area contributed by atoms with Crippen LogP contribution in [0.15, 0.2) is 23.8 Å². The van der Waals surface area contributed by atoms with Crippen LogP contribution in [0.4, 0.5) is 0 Å². The Balaban J connectivity index is 0.000000810. The smallest absolute Gasteiger partial charge is 0 e. The second-order valence-corrected chi connectivity index (χ2v) is 2.68. The summed E-state index contributed by atoms with van der Waals surface area (Å²) in [7, 11) is 0. The Labute approximate surface area is 93.0 Å². The summed E-state index contributed by atoms with van der Waals surface area (Å²) in [5, 5.41) is 0. The van der Waals surface area contributed by atoms with Crippen molar-refractivity contribution in [1.29, 1.82) is 0 Å². The molecule has 0 heterocycles. The molecule has 0 saturated carbocycles. The molecule has 0 nitrogen and oxygen atoms in total. The minimum atomic E-state index is 0. The van der Waals surface area contributed by atoms with Crippen LogP contribution >= 0.6 is 0 Å². The first-order chi connectivity index (χ1) is 4.34. The van der Waals surface area contributed by atoms with Crippen molar-refractivity contribution >= 4 is 0 Å². The zero-order chi connectivity index (χ0) is 6.69. The molecule has 0 fully saturated rings. The summed E-state index contributed by atoms with van der Waals surface area (Å²) in [4.78, 5) is 0. The standard InChI is InChI=1S/C9H14.Er/c1-3-8(2)9-6-4-5-7-9;/h4-6,8H,3,7H2,1-2H3;. The monoisotopic (exact) mass is 288 g/mol. The molecule has 0 aliphatic heterocycles. The van der Waals surface area contributed by atoms with Gasteiger partial charge < -0.3 is 0 Å². The summed E-state index contributed by atoms with van der Waals surface area (Å²) < 4.78 is 0. The van der Waals surface area contributed by atoms with E-state index < -0.39 is 0 Å². The molecule has 1 atom stereocenters. The Kier molecular flexibility index (Phi) is 5.78. The molecule has 0 N–H and O–H groups in total. The van der Waals surface area contributed by atoms with E-state index in [0.29, 0.717) is 0 Å². The molecule has 0 spiro atoms. The molecule has 0 radical (unpaired) electrons. The maximum Gasteiger partial charge on any atom is 0 e. The van der Waals surface area contributed by atoms with Gasteiger partial charge in [0.25, 0.3) is 0 Å². The van der Waals surface area contributed by atoms with Gasteiger partial charge in [-0.05, 0) is 18.8 Å². The summed E-state index contributed by atoms with van der Waals surface area (Å²) in [6.07, 6.45) is 9.08. The molecule has 0 saturated heterocycles. The molecule has 0 amide bonds. The molecule has 1 rings (SSSR count). The van der Waals surface area contributed by atoms with Gasteiger partial charge in [-0.3, -0.25) is 0 Å². The van der Waals surface area contributed by atoms with Crippen LogP contribution in [0, 0.1) is 43.2 Å². The molecule has 0 aromatic rings. The molecule has 62 valence electrons. The minimum Gasteiger partial charge on any atom is -0.0805 e. The number of hydrogen-bond acceptors (Lipinski definition) is 0. The largest absolute Gasteiger partial charge is 0.0805 e. The van der Waals surface area contributed by atoms with Gasteiger partial charge in [0.05, 0.1) is 0 Å². The maximum atomic E-state index is 2.29. The zero-order valence-corrected chi connectivity index (χ0v) is 8.36. The van der Waals surface area contributed by atoms with Crippen LogP contribution in [-0.2, 0) is 0 Å². The Morgan fingerprint density at radius 1 is 1.60 bits per heavy atom. The van der Waals surface area contributed by atoms with Gasteiger partial charge in [-0.2, -0.15) is 0 Å². The van der Waals surface area contributed by atoms with E-state index >= 15 is 0 Å². The molecule has 0 bridgehead atoms. The van der Waals surface area contributed by atoms with E-state index in [1.807, 2.05) is 0 Å².